The van der Waals surface area contributed by atoms with Crippen LogP contribution in [0.1, 0.15) is 21.6 Å². The number of hydrogen-bond acceptors (Lipinski definition) is 7. The predicted octanol–water partition coefficient (Wildman–Crippen LogP) is 3.97. The highest BCUT2D eigenvalue weighted by atomic mass is 16.6. The van der Waals surface area contributed by atoms with Gasteiger partial charge in [-0.2, -0.15) is 0 Å². The van der Waals surface area contributed by atoms with E-state index in [1.165, 1.54) is 17.2 Å². The Labute approximate surface area is 164 Å². The average Bonchev–Trinajstić information content (AvgIpc) is 3.37. The van der Waals surface area contributed by atoms with E-state index in [2.05, 4.69) is 10.1 Å². The van der Waals surface area contributed by atoms with Crippen molar-refractivity contribution in [1.29, 1.82) is 0 Å². The molecule has 3 aromatic heterocycles. The van der Waals surface area contributed by atoms with E-state index in [-0.39, 0.29) is 23.9 Å². The molecule has 0 radical (unpaired) electrons. The van der Waals surface area contributed by atoms with Gasteiger partial charge < -0.3 is 13.8 Å². The minimum Gasteiger partial charge on any atom is -0.463 e. The third-order valence-electron chi connectivity index (χ3n) is 4.56. The second-order valence-corrected chi connectivity index (χ2v) is 6.53. The van der Waals surface area contributed by atoms with Crippen LogP contribution in [0, 0.1) is 17.0 Å². The van der Waals surface area contributed by atoms with Crippen molar-refractivity contribution >= 4 is 22.7 Å². The van der Waals surface area contributed by atoms with Crippen LogP contribution < -0.4 is 0 Å². The number of nitro groups is 1. The van der Waals surface area contributed by atoms with E-state index in [0.717, 1.165) is 0 Å². The van der Waals surface area contributed by atoms with E-state index in [1.807, 2.05) is 0 Å². The molecule has 0 aliphatic heterocycles. The number of carbonyl (C=O) groups is 1. The van der Waals surface area contributed by atoms with Crippen molar-refractivity contribution in [3.8, 4) is 11.5 Å². The molecule has 4 rings (SSSR count). The normalized spacial score (nSPS) is 11.0. The molecular weight excluding hydrogens is 376 g/mol. The standard InChI is InChI=1S/C20H16N4O5/c1-12-18-14(10-15(17-8-5-9-28-17)21-19(18)29-22-12)20(25)23(2)11-13-6-3-4-7-16(13)24(26)27/h3-10H,11H2,1-2H3. The van der Waals surface area contributed by atoms with E-state index in [1.54, 1.807) is 50.4 Å². The van der Waals surface area contributed by atoms with E-state index in [0.29, 0.717) is 33.7 Å². The number of nitrogens with zero attached hydrogens (tertiary/aromatic N) is 4. The first-order chi connectivity index (χ1) is 14.0. The summed E-state index contributed by atoms with van der Waals surface area (Å²) in [6, 6.07) is 11.4. The lowest BCUT2D eigenvalue weighted by atomic mass is 10.1. The molecule has 0 saturated heterocycles. The minimum absolute atomic E-state index is 0.0375. The lowest BCUT2D eigenvalue weighted by Gasteiger charge is -2.18. The Kier molecular flexibility index (Phi) is 4.55. The van der Waals surface area contributed by atoms with Crippen LogP contribution in [-0.4, -0.2) is 32.9 Å². The molecule has 0 aliphatic rings. The molecule has 0 aliphatic carbocycles. The van der Waals surface area contributed by atoms with Gasteiger partial charge in [0.05, 0.1) is 34.4 Å². The zero-order valence-corrected chi connectivity index (χ0v) is 15.7. The summed E-state index contributed by atoms with van der Waals surface area (Å²) in [7, 11) is 1.58. The van der Waals surface area contributed by atoms with Gasteiger partial charge in [0.1, 0.15) is 5.69 Å². The van der Waals surface area contributed by atoms with Crippen molar-refractivity contribution in [1.82, 2.24) is 15.0 Å². The summed E-state index contributed by atoms with van der Waals surface area (Å²) in [5.74, 6) is 0.144. The van der Waals surface area contributed by atoms with Crippen molar-refractivity contribution in [2.45, 2.75) is 13.5 Å². The van der Waals surface area contributed by atoms with Crippen LogP contribution in [0.4, 0.5) is 5.69 Å². The number of carbonyl (C=O) groups excluding carboxylic acids is 1. The number of aryl methyl sites for hydroxylation is 1. The zero-order chi connectivity index (χ0) is 20.5. The highest BCUT2D eigenvalue weighted by Crippen LogP contribution is 2.28. The monoisotopic (exact) mass is 392 g/mol. The van der Waals surface area contributed by atoms with Crippen molar-refractivity contribution in [3.63, 3.8) is 0 Å². The molecule has 9 nitrogen and oxygen atoms in total. The Morgan fingerprint density at radius 3 is 2.76 bits per heavy atom. The fourth-order valence-electron chi connectivity index (χ4n) is 3.17. The summed E-state index contributed by atoms with van der Waals surface area (Å²) < 4.78 is 10.6. The maximum Gasteiger partial charge on any atom is 0.274 e. The van der Waals surface area contributed by atoms with Crippen LogP contribution in [-0.2, 0) is 6.54 Å². The number of aromatic nitrogens is 2. The zero-order valence-electron chi connectivity index (χ0n) is 15.7. The summed E-state index contributed by atoms with van der Waals surface area (Å²) in [5.41, 5.74) is 1.92. The number of hydrogen-bond donors (Lipinski definition) is 0. The summed E-state index contributed by atoms with van der Waals surface area (Å²) in [6.07, 6.45) is 1.51. The summed E-state index contributed by atoms with van der Waals surface area (Å²) in [5, 5.41) is 15.7. The van der Waals surface area contributed by atoms with Crippen LogP contribution in [0.2, 0.25) is 0 Å². The van der Waals surface area contributed by atoms with Gasteiger partial charge in [0, 0.05) is 18.7 Å². The molecule has 146 valence electrons. The molecule has 0 saturated carbocycles. The molecular formula is C20H16N4O5. The first-order valence-corrected chi connectivity index (χ1v) is 8.74. The molecule has 29 heavy (non-hydrogen) atoms. The molecule has 0 spiro atoms. The van der Waals surface area contributed by atoms with Crippen LogP contribution in [0.25, 0.3) is 22.6 Å². The Morgan fingerprint density at radius 1 is 1.24 bits per heavy atom. The van der Waals surface area contributed by atoms with Crippen molar-refractivity contribution < 1.29 is 18.7 Å². The Balaban J connectivity index is 1.75. The molecule has 0 bridgehead atoms. The third kappa shape index (κ3) is 3.33. The second-order valence-electron chi connectivity index (χ2n) is 6.53. The van der Waals surface area contributed by atoms with Gasteiger partial charge in [-0.1, -0.05) is 23.4 Å². The minimum atomic E-state index is -0.461. The maximum absolute atomic E-state index is 13.2. The number of amides is 1. The second kappa shape index (κ2) is 7.19. The van der Waals surface area contributed by atoms with Crippen LogP contribution in [0.3, 0.4) is 0 Å². The molecule has 1 aromatic carbocycles. The molecule has 0 N–H and O–H groups in total. The maximum atomic E-state index is 13.2. The topological polar surface area (TPSA) is 116 Å². The van der Waals surface area contributed by atoms with Gasteiger partial charge in [-0.05, 0) is 25.1 Å². The van der Waals surface area contributed by atoms with E-state index in [4.69, 9.17) is 8.94 Å². The number of furan rings is 1. The quantitative estimate of drug-likeness (QED) is 0.373. The largest absolute Gasteiger partial charge is 0.463 e. The molecule has 0 atom stereocenters. The predicted molar refractivity (Wildman–Crippen MR) is 103 cm³/mol. The number of nitro benzene ring substituents is 1. The number of fused-ring (bicyclic) bond motifs is 1. The van der Waals surface area contributed by atoms with Crippen LogP contribution in [0.5, 0.6) is 0 Å². The third-order valence-corrected chi connectivity index (χ3v) is 4.56. The van der Waals surface area contributed by atoms with Gasteiger partial charge >= 0.3 is 0 Å². The lowest BCUT2D eigenvalue weighted by molar-refractivity contribution is -0.385. The summed E-state index contributed by atoms with van der Waals surface area (Å²) in [6.45, 7) is 1.79. The molecule has 0 unspecified atom stereocenters. The molecule has 0 fully saturated rings. The fraction of sp³-hybridized carbons (Fsp3) is 0.150. The first kappa shape index (κ1) is 18.4. The number of pyridine rings is 1. The van der Waals surface area contributed by atoms with Gasteiger partial charge in [-0.15, -0.1) is 0 Å². The number of benzene rings is 1. The Hall–Kier alpha value is -4.01. The Bertz CT molecular complexity index is 1210. The van der Waals surface area contributed by atoms with Gasteiger partial charge in [-0.25, -0.2) is 4.98 Å². The van der Waals surface area contributed by atoms with Gasteiger partial charge in [0.2, 0.25) is 0 Å². The van der Waals surface area contributed by atoms with Gasteiger partial charge in [-0.3, -0.25) is 14.9 Å². The van der Waals surface area contributed by atoms with E-state index in [9.17, 15) is 14.9 Å². The van der Waals surface area contributed by atoms with Crippen molar-refractivity contribution in [3.05, 3.63) is 75.7 Å². The smallest absolute Gasteiger partial charge is 0.274 e. The summed E-state index contributed by atoms with van der Waals surface area (Å²) >= 11 is 0. The van der Waals surface area contributed by atoms with Crippen molar-refractivity contribution in [2.75, 3.05) is 7.05 Å². The molecule has 4 aromatic rings. The fourth-order valence-corrected chi connectivity index (χ4v) is 3.17. The van der Waals surface area contributed by atoms with Crippen LogP contribution in [0.15, 0.2) is 57.7 Å². The number of rotatable bonds is 5. The number of para-hydroxylation sites is 1. The first-order valence-electron chi connectivity index (χ1n) is 8.74. The highest BCUT2D eigenvalue weighted by molar-refractivity contribution is 6.06. The van der Waals surface area contributed by atoms with E-state index < -0.39 is 4.92 Å². The van der Waals surface area contributed by atoms with E-state index >= 15 is 0 Å². The van der Waals surface area contributed by atoms with Gasteiger partial charge in [0.25, 0.3) is 17.3 Å². The lowest BCUT2D eigenvalue weighted by Crippen LogP contribution is -2.27. The van der Waals surface area contributed by atoms with Crippen molar-refractivity contribution in [2.24, 2.45) is 0 Å². The molecule has 9 heteroatoms. The highest BCUT2D eigenvalue weighted by Gasteiger charge is 2.24. The van der Waals surface area contributed by atoms with Gasteiger partial charge in [0.15, 0.2) is 5.76 Å². The SMILES string of the molecule is Cc1noc2nc(-c3ccco3)cc(C(=O)N(C)Cc3ccccc3[N+](=O)[O-])c12. The molecule has 1 amide bonds. The molecule has 3 heterocycles. The Morgan fingerprint density at radius 2 is 2.03 bits per heavy atom. The summed E-state index contributed by atoms with van der Waals surface area (Å²) in [4.78, 5) is 29.8. The van der Waals surface area contributed by atoms with Crippen LogP contribution >= 0.6 is 0 Å². The average molecular weight is 392 g/mol.